The highest BCUT2D eigenvalue weighted by Gasteiger charge is 2.41. The number of hydrogen-bond donors (Lipinski definition) is 0. The molecule has 3 rings (SSSR count). The lowest BCUT2D eigenvalue weighted by atomic mass is 9.96. The Balaban J connectivity index is 1.91. The molecule has 0 radical (unpaired) electrons. The minimum atomic E-state index is -4.11. The van der Waals surface area contributed by atoms with Crippen LogP contribution in [0.1, 0.15) is 12.8 Å². The van der Waals surface area contributed by atoms with Crippen LogP contribution < -0.4 is 4.90 Å². The fraction of sp³-hybridized carbons (Fsp3) is 0.400. The zero-order valence-corrected chi connectivity index (χ0v) is 13.8. The smallest absolute Gasteiger partial charge is 0.356 e. The lowest BCUT2D eigenvalue weighted by molar-refractivity contribution is -0.179. The molecule has 2 nitrogen and oxygen atoms in total. The number of aromatic nitrogens is 1. The maximum Gasteiger partial charge on any atom is 0.391 e. The molecule has 1 aliphatic rings. The Kier molecular flexibility index (Phi) is 4.25. The van der Waals surface area contributed by atoms with Crippen LogP contribution in [0.2, 0.25) is 5.15 Å². The molecule has 0 N–H and O–H groups in total. The van der Waals surface area contributed by atoms with Gasteiger partial charge in [0.15, 0.2) is 0 Å². The van der Waals surface area contributed by atoms with Crippen LogP contribution in [-0.2, 0) is 0 Å². The molecule has 0 bridgehead atoms. The Morgan fingerprint density at radius 3 is 2.50 bits per heavy atom. The van der Waals surface area contributed by atoms with Crippen molar-refractivity contribution in [2.45, 2.75) is 19.0 Å². The zero-order valence-electron chi connectivity index (χ0n) is 11.5. The summed E-state index contributed by atoms with van der Waals surface area (Å²) in [5.41, 5.74) is 0. The molecule has 2 aromatic rings. The van der Waals surface area contributed by atoms with Crippen LogP contribution in [0.3, 0.4) is 0 Å². The maximum absolute atomic E-state index is 12.8. The molecule has 0 unspecified atom stereocenters. The first-order valence-corrected chi connectivity index (χ1v) is 8.09. The fourth-order valence-corrected chi connectivity index (χ4v) is 3.41. The second kappa shape index (κ2) is 5.89. The molecule has 1 aromatic carbocycles. The lowest BCUT2D eigenvalue weighted by Crippen LogP contribution is -2.39. The van der Waals surface area contributed by atoms with Crippen molar-refractivity contribution in [1.29, 1.82) is 0 Å². The largest absolute Gasteiger partial charge is 0.391 e. The molecule has 7 heteroatoms. The number of alkyl halides is 3. The van der Waals surface area contributed by atoms with E-state index in [0.717, 1.165) is 15.2 Å². The summed E-state index contributed by atoms with van der Waals surface area (Å²) < 4.78 is 39.2. The number of fused-ring (bicyclic) bond motifs is 1. The standard InChI is InChI=1S/C15H13BrClF3N2/c16-11-1-2-12-9(7-11)8-13(17)21-14(12)22-5-3-10(4-6-22)15(18,19)20/h1-2,7-8,10H,3-6H2. The van der Waals surface area contributed by atoms with Crippen molar-refractivity contribution in [1.82, 2.24) is 4.98 Å². The van der Waals surface area contributed by atoms with E-state index in [0.29, 0.717) is 24.1 Å². The lowest BCUT2D eigenvalue weighted by Gasteiger charge is -2.34. The quantitative estimate of drug-likeness (QED) is 0.601. The van der Waals surface area contributed by atoms with Crippen molar-refractivity contribution in [2.75, 3.05) is 18.0 Å². The van der Waals surface area contributed by atoms with E-state index in [2.05, 4.69) is 20.9 Å². The number of hydrogen-bond acceptors (Lipinski definition) is 2. The summed E-state index contributed by atoms with van der Waals surface area (Å²) >= 11 is 9.47. The Morgan fingerprint density at radius 2 is 1.86 bits per heavy atom. The molecular formula is C15H13BrClF3N2. The highest BCUT2D eigenvalue weighted by molar-refractivity contribution is 9.10. The first kappa shape index (κ1) is 15.9. The Morgan fingerprint density at radius 1 is 1.18 bits per heavy atom. The first-order valence-electron chi connectivity index (χ1n) is 6.92. The number of benzene rings is 1. The summed E-state index contributed by atoms with van der Waals surface area (Å²) in [6, 6.07) is 7.49. The molecule has 0 aliphatic carbocycles. The summed E-state index contributed by atoms with van der Waals surface area (Å²) in [6.07, 6.45) is -3.92. The molecular weight excluding hydrogens is 381 g/mol. The molecule has 22 heavy (non-hydrogen) atoms. The third-order valence-corrected chi connectivity index (χ3v) is 4.69. The van der Waals surface area contributed by atoms with E-state index >= 15 is 0 Å². The average Bonchev–Trinajstić information content (AvgIpc) is 2.45. The van der Waals surface area contributed by atoms with Crippen LogP contribution in [0.5, 0.6) is 0 Å². The van der Waals surface area contributed by atoms with E-state index in [1.165, 1.54) is 0 Å². The van der Waals surface area contributed by atoms with E-state index in [9.17, 15) is 13.2 Å². The van der Waals surface area contributed by atoms with Crippen LogP contribution in [0.15, 0.2) is 28.7 Å². The van der Waals surface area contributed by atoms with Crippen molar-refractivity contribution >= 4 is 44.1 Å². The third-order valence-electron chi connectivity index (χ3n) is 4.00. The summed E-state index contributed by atoms with van der Waals surface area (Å²) in [7, 11) is 0. The molecule has 2 heterocycles. The number of anilines is 1. The molecule has 1 aromatic heterocycles. The van der Waals surface area contributed by atoms with Gasteiger partial charge in [0, 0.05) is 22.9 Å². The van der Waals surface area contributed by atoms with E-state index in [-0.39, 0.29) is 12.8 Å². The van der Waals surface area contributed by atoms with Crippen LogP contribution in [0.25, 0.3) is 10.8 Å². The van der Waals surface area contributed by atoms with Gasteiger partial charge in [-0.25, -0.2) is 4.98 Å². The first-order chi connectivity index (χ1) is 10.3. The minimum Gasteiger partial charge on any atom is -0.356 e. The molecule has 0 atom stereocenters. The molecule has 0 amide bonds. The summed E-state index contributed by atoms with van der Waals surface area (Å²) in [6.45, 7) is 0.672. The zero-order chi connectivity index (χ0) is 15.9. The predicted octanol–water partition coefficient (Wildman–Crippen LogP) is 5.43. The maximum atomic E-state index is 12.8. The second-order valence-corrected chi connectivity index (χ2v) is 6.74. The van der Waals surface area contributed by atoms with Crippen LogP contribution in [0.4, 0.5) is 19.0 Å². The second-order valence-electron chi connectivity index (χ2n) is 5.44. The van der Waals surface area contributed by atoms with E-state index in [1.54, 1.807) is 6.07 Å². The van der Waals surface area contributed by atoms with Gasteiger partial charge < -0.3 is 4.90 Å². The molecule has 1 saturated heterocycles. The Bertz CT molecular complexity index is 692. The number of nitrogens with zero attached hydrogens (tertiary/aromatic N) is 2. The third kappa shape index (κ3) is 3.18. The van der Waals surface area contributed by atoms with Gasteiger partial charge in [0.2, 0.25) is 0 Å². The summed E-state index contributed by atoms with van der Waals surface area (Å²) in [5.74, 6) is -0.557. The Hall–Kier alpha value is -1.01. The van der Waals surface area contributed by atoms with Crippen molar-refractivity contribution < 1.29 is 13.2 Å². The SMILES string of the molecule is FC(F)(F)C1CCN(c2nc(Cl)cc3cc(Br)ccc23)CC1. The van der Waals surface area contributed by atoms with Crippen LogP contribution >= 0.6 is 27.5 Å². The van der Waals surface area contributed by atoms with Gasteiger partial charge in [-0.3, -0.25) is 0 Å². The van der Waals surface area contributed by atoms with Gasteiger partial charge in [0.25, 0.3) is 0 Å². The van der Waals surface area contributed by atoms with E-state index < -0.39 is 12.1 Å². The number of piperidine rings is 1. The minimum absolute atomic E-state index is 0.0930. The summed E-state index contributed by atoms with van der Waals surface area (Å²) in [5, 5.41) is 2.17. The molecule has 1 fully saturated rings. The monoisotopic (exact) mass is 392 g/mol. The average molecular weight is 394 g/mol. The van der Waals surface area contributed by atoms with Crippen molar-refractivity contribution in [3.63, 3.8) is 0 Å². The molecule has 0 spiro atoms. The van der Waals surface area contributed by atoms with Gasteiger partial charge in [0.05, 0.1) is 5.92 Å². The summed E-state index contributed by atoms with van der Waals surface area (Å²) in [4.78, 5) is 6.23. The normalized spacial score (nSPS) is 17.2. The number of rotatable bonds is 1. The molecule has 1 aliphatic heterocycles. The van der Waals surface area contributed by atoms with Crippen molar-refractivity contribution in [3.8, 4) is 0 Å². The van der Waals surface area contributed by atoms with Gasteiger partial charge >= 0.3 is 6.18 Å². The molecule has 118 valence electrons. The highest BCUT2D eigenvalue weighted by Crippen LogP contribution is 2.37. The van der Waals surface area contributed by atoms with E-state index in [1.807, 2.05) is 23.1 Å². The van der Waals surface area contributed by atoms with Gasteiger partial charge in [-0.05, 0) is 42.5 Å². The van der Waals surface area contributed by atoms with Gasteiger partial charge in [-0.15, -0.1) is 0 Å². The topological polar surface area (TPSA) is 16.1 Å². The van der Waals surface area contributed by atoms with E-state index in [4.69, 9.17) is 11.6 Å². The van der Waals surface area contributed by atoms with Crippen molar-refractivity contribution in [3.05, 3.63) is 33.9 Å². The number of pyridine rings is 1. The van der Waals surface area contributed by atoms with Gasteiger partial charge in [-0.1, -0.05) is 27.5 Å². The van der Waals surface area contributed by atoms with Crippen LogP contribution in [-0.4, -0.2) is 24.2 Å². The molecule has 0 saturated carbocycles. The van der Waals surface area contributed by atoms with Crippen LogP contribution in [0, 0.1) is 5.92 Å². The predicted molar refractivity (Wildman–Crippen MR) is 85.4 cm³/mol. The van der Waals surface area contributed by atoms with Crippen molar-refractivity contribution in [2.24, 2.45) is 5.92 Å². The fourth-order valence-electron chi connectivity index (χ4n) is 2.84. The van der Waals surface area contributed by atoms with Gasteiger partial charge in [0.1, 0.15) is 11.0 Å². The Labute approximate surface area is 139 Å². The number of halogens is 5. The van der Waals surface area contributed by atoms with Gasteiger partial charge in [-0.2, -0.15) is 13.2 Å². The highest BCUT2D eigenvalue weighted by atomic mass is 79.9.